The first-order valence-electron chi connectivity index (χ1n) is 16.9. The molecule has 1 aliphatic heterocycles. The van der Waals surface area contributed by atoms with Crippen LogP contribution < -0.4 is 14.8 Å². The number of ether oxygens (including phenoxy) is 2. The number of para-hydroxylation sites is 1. The molecule has 0 spiro atoms. The number of hydrogen-bond donors (Lipinski definition) is 1. The average molecular weight is 697 g/mol. The number of carbonyl (C=O) groups is 1. The molecule has 0 bridgehead atoms. The predicted octanol–water partition coefficient (Wildman–Crippen LogP) is 6.63. The van der Waals surface area contributed by atoms with E-state index in [0.29, 0.717) is 35.7 Å². The summed E-state index contributed by atoms with van der Waals surface area (Å²) in [4.78, 5) is 18.6. The highest BCUT2D eigenvalue weighted by molar-refractivity contribution is 7.89. The number of nitrogens with one attached hydrogen (secondary N) is 1. The molecule has 3 heterocycles. The molecular formula is C38H44N6O5S. The van der Waals surface area contributed by atoms with Crippen molar-refractivity contribution in [3.05, 3.63) is 101 Å². The summed E-state index contributed by atoms with van der Waals surface area (Å²) in [5.74, 6) is 0.265. The molecule has 1 N–H and O–H groups in total. The van der Waals surface area contributed by atoms with Gasteiger partial charge in [-0.1, -0.05) is 56.3 Å². The molecule has 0 fully saturated rings. The van der Waals surface area contributed by atoms with Crippen molar-refractivity contribution < 1.29 is 22.7 Å². The molecular weight excluding hydrogens is 653 g/mol. The molecule has 1 aliphatic rings. The molecule has 50 heavy (non-hydrogen) atoms. The fraction of sp³-hybridized carbons (Fsp3) is 0.368. The van der Waals surface area contributed by atoms with Crippen LogP contribution in [0.3, 0.4) is 0 Å². The number of aromatic nitrogens is 4. The van der Waals surface area contributed by atoms with Crippen LogP contribution in [0.2, 0.25) is 0 Å². The lowest BCUT2D eigenvalue weighted by Gasteiger charge is -2.35. The smallest absolute Gasteiger partial charge is 0.247 e. The van der Waals surface area contributed by atoms with E-state index >= 15 is 0 Å². The summed E-state index contributed by atoms with van der Waals surface area (Å²) < 4.78 is 43.6. The van der Waals surface area contributed by atoms with Crippen molar-refractivity contribution in [1.82, 2.24) is 24.3 Å². The summed E-state index contributed by atoms with van der Waals surface area (Å²) in [6.45, 7) is 12.8. The third-order valence-corrected chi connectivity index (χ3v) is 11.6. The molecule has 11 nitrogen and oxygen atoms in total. The molecule has 6 rings (SSSR count). The third kappa shape index (κ3) is 6.33. The number of hydrogen-bond acceptors (Lipinski definition) is 8. The highest BCUT2D eigenvalue weighted by atomic mass is 32.2. The number of fused-ring (bicyclic) bond motifs is 2. The molecule has 0 saturated carbocycles. The highest BCUT2D eigenvalue weighted by Gasteiger charge is 2.41. The number of sulfonamides is 1. The predicted molar refractivity (Wildman–Crippen MR) is 193 cm³/mol. The van der Waals surface area contributed by atoms with E-state index in [2.05, 4.69) is 20.6 Å². The lowest BCUT2D eigenvalue weighted by Crippen LogP contribution is -2.38. The van der Waals surface area contributed by atoms with Crippen molar-refractivity contribution >= 4 is 32.7 Å². The van der Waals surface area contributed by atoms with Crippen LogP contribution in [0.4, 0.5) is 5.69 Å². The van der Waals surface area contributed by atoms with Gasteiger partial charge in [0.25, 0.3) is 0 Å². The van der Waals surface area contributed by atoms with Crippen LogP contribution in [-0.2, 0) is 27.9 Å². The van der Waals surface area contributed by atoms with E-state index in [9.17, 15) is 13.2 Å². The van der Waals surface area contributed by atoms with Gasteiger partial charge in [-0.3, -0.25) is 9.78 Å². The van der Waals surface area contributed by atoms with Crippen LogP contribution in [0.15, 0.2) is 78.0 Å². The van der Waals surface area contributed by atoms with Gasteiger partial charge in [0.1, 0.15) is 33.5 Å². The van der Waals surface area contributed by atoms with Crippen molar-refractivity contribution in [3.8, 4) is 11.5 Å². The summed E-state index contributed by atoms with van der Waals surface area (Å²) in [6, 6.07) is 18.4. The molecule has 2 aromatic heterocycles. The number of pyridine rings is 1. The normalized spacial score (nSPS) is 16.7. The topological polar surface area (TPSA) is 129 Å². The second kappa shape index (κ2) is 13.8. The fourth-order valence-corrected chi connectivity index (χ4v) is 8.39. The van der Waals surface area contributed by atoms with Crippen LogP contribution >= 0.6 is 0 Å². The first-order chi connectivity index (χ1) is 23.9. The highest BCUT2D eigenvalue weighted by Crippen LogP contribution is 2.46. The Morgan fingerprint density at radius 2 is 1.88 bits per heavy atom. The van der Waals surface area contributed by atoms with Crippen molar-refractivity contribution in [3.63, 3.8) is 0 Å². The number of anilines is 1. The number of rotatable bonds is 10. The van der Waals surface area contributed by atoms with Gasteiger partial charge < -0.3 is 14.8 Å². The largest absolute Gasteiger partial charge is 0.494 e. The van der Waals surface area contributed by atoms with E-state index in [4.69, 9.17) is 9.47 Å². The summed E-state index contributed by atoms with van der Waals surface area (Å²) in [5.41, 5.74) is 5.39. The lowest BCUT2D eigenvalue weighted by molar-refractivity contribution is -0.124. The van der Waals surface area contributed by atoms with Gasteiger partial charge in [-0.25, -0.2) is 13.1 Å². The van der Waals surface area contributed by atoms with E-state index in [1.807, 2.05) is 65.8 Å². The Labute approximate surface area is 293 Å². The van der Waals surface area contributed by atoms with Crippen molar-refractivity contribution in [2.45, 2.75) is 78.0 Å². The van der Waals surface area contributed by atoms with E-state index in [0.717, 1.165) is 33.3 Å². The van der Waals surface area contributed by atoms with Crippen LogP contribution in [0.25, 0.3) is 11.0 Å². The molecule has 0 saturated heterocycles. The first kappa shape index (κ1) is 35.0. The van der Waals surface area contributed by atoms with Gasteiger partial charge in [0.2, 0.25) is 15.9 Å². The van der Waals surface area contributed by atoms with Crippen LogP contribution in [-0.4, -0.2) is 58.4 Å². The molecule has 1 unspecified atom stereocenters. The average Bonchev–Trinajstić information content (AvgIpc) is 3.51. The standard InChI is InChI=1S/C38H44N6O5S/c1-8-29-23-43(50(46,47)33-15-11-10-14-31(33)49-29)22-27-19-26(17-16-24(27)3)34(38(5,6)37(45)40-28-13-12-18-39-21-28)30-20-32(48-7)36-35(25(30)4)41-42-44(36)9-2/h10-21,29,34H,8-9,22-23H2,1-7H3,(H,40,45)/t29-,34?/m1/s1. The van der Waals surface area contributed by atoms with Crippen LogP contribution in [0.5, 0.6) is 11.5 Å². The number of aryl methyl sites for hydroxylation is 3. The molecule has 5 aromatic rings. The Kier molecular flexibility index (Phi) is 9.69. The zero-order valence-electron chi connectivity index (χ0n) is 29.6. The first-order valence-corrected chi connectivity index (χ1v) is 18.3. The molecule has 0 radical (unpaired) electrons. The molecule has 0 aliphatic carbocycles. The third-order valence-electron chi connectivity index (χ3n) is 9.78. The zero-order chi connectivity index (χ0) is 35.8. The number of benzene rings is 3. The Balaban J connectivity index is 1.50. The monoisotopic (exact) mass is 696 g/mol. The van der Waals surface area contributed by atoms with E-state index in [1.54, 1.807) is 60.6 Å². The Morgan fingerprint density at radius 1 is 1.10 bits per heavy atom. The summed E-state index contributed by atoms with van der Waals surface area (Å²) in [7, 11) is -2.26. The zero-order valence-corrected chi connectivity index (χ0v) is 30.4. The van der Waals surface area contributed by atoms with Crippen LogP contribution in [0.1, 0.15) is 67.9 Å². The van der Waals surface area contributed by atoms with Crippen molar-refractivity contribution in [2.24, 2.45) is 5.41 Å². The van der Waals surface area contributed by atoms with Gasteiger partial charge in [0.15, 0.2) is 0 Å². The van der Waals surface area contributed by atoms with Gasteiger partial charge in [-0.05, 0) is 85.3 Å². The molecule has 262 valence electrons. The van der Waals surface area contributed by atoms with E-state index in [-0.39, 0.29) is 30.0 Å². The van der Waals surface area contributed by atoms with Gasteiger partial charge in [0.05, 0.1) is 31.0 Å². The summed E-state index contributed by atoms with van der Waals surface area (Å²) >= 11 is 0. The second-order valence-corrected chi connectivity index (χ2v) is 15.2. The van der Waals surface area contributed by atoms with E-state index in [1.165, 1.54) is 4.31 Å². The second-order valence-electron chi connectivity index (χ2n) is 13.3. The number of amides is 1. The molecule has 2 atom stereocenters. The minimum atomic E-state index is -3.88. The quantitative estimate of drug-likeness (QED) is 0.172. The van der Waals surface area contributed by atoms with Gasteiger partial charge in [0, 0.05) is 25.2 Å². The van der Waals surface area contributed by atoms with E-state index < -0.39 is 21.4 Å². The minimum absolute atomic E-state index is 0.136. The maximum absolute atomic E-state index is 14.3. The lowest BCUT2D eigenvalue weighted by atomic mass is 9.69. The molecule has 12 heteroatoms. The number of methoxy groups -OCH3 is 1. The number of nitrogens with zero attached hydrogens (tertiary/aromatic N) is 5. The van der Waals surface area contributed by atoms with Crippen molar-refractivity contribution in [1.29, 1.82) is 0 Å². The maximum Gasteiger partial charge on any atom is 0.247 e. The van der Waals surface area contributed by atoms with Crippen molar-refractivity contribution in [2.75, 3.05) is 19.0 Å². The molecule has 3 aromatic carbocycles. The summed E-state index contributed by atoms with van der Waals surface area (Å²) in [5, 5.41) is 12.0. The minimum Gasteiger partial charge on any atom is -0.494 e. The van der Waals surface area contributed by atoms with Crippen LogP contribution in [0, 0.1) is 19.3 Å². The van der Waals surface area contributed by atoms with Gasteiger partial charge >= 0.3 is 0 Å². The fourth-order valence-electron chi connectivity index (χ4n) is 6.82. The summed E-state index contributed by atoms with van der Waals surface area (Å²) in [6.07, 6.45) is 3.61. The Hall–Kier alpha value is -4.81. The van der Waals surface area contributed by atoms with Gasteiger partial charge in [-0.2, -0.15) is 4.31 Å². The Bertz CT molecular complexity index is 2150. The van der Waals surface area contributed by atoms with Gasteiger partial charge in [-0.15, -0.1) is 5.10 Å². The molecule has 1 amide bonds. The number of carbonyl (C=O) groups excluding carboxylic acids is 1. The Morgan fingerprint density at radius 3 is 2.58 bits per heavy atom. The SMILES string of the molecule is CC[C@@H]1CN(Cc2cc(C(c3cc(OC)c4c(nnn4CC)c3C)C(C)(C)C(=O)Nc3cccnc3)ccc2C)S(=O)(=O)c2ccccc2O1. The maximum atomic E-state index is 14.3.